The Morgan fingerprint density at radius 1 is 0.727 bits per heavy atom. The summed E-state index contributed by atoms with van der Waals surface area (Å²) in [5, 5.41) is 0. The fourth-order valence-electron chi connectivity index (χ4n) is 2.82. The van der Waals surface area contributed by atoms with Crippen molar-refractivity contribution in [1.29, 1.82) is 0 Å². The average molecular weight is 308 g/mol. The summed E-state index contributed by atoms with van der Waals surface area (Å²) in [6.45, 7) is 2.09. The summed E-state index contributed by atoms with van der Waals surface area (Å²) in [5.41, 5.74) is 10.9. The van der Waals surface area contributed by atoms with E-state index in [-0.39, 0.29) is 0 Å². The van der Waals surface area contributed by atoms with Gasteiger partial charge in [-0.05, 0) is 41.3 Å². The molecule has 1 nitrogen and oxygen atoms in total. The molecule has 0 saturated heterocycles. The van der Waals surface area contributed by atoms with E-state index in [9.17, 15) is 0 Å². The van der Waals surface area contributed by atoms with E-state index in [1.807, 2.05) is 54.6 Å². The zero-order chi connectivity index (χ0) is 15.6. The number of hydrogen-bond donors (Lipinski definition) is 1. The second kappa shape index (κ2) is 5.86. The molecule has 0 aliphatic heterocycles. The summed E-state index contributed by atoms with van der Waals surface area (Å²) in [6, 6.07) is 26.2. The molecule has 0 amide bonds. The summed E-state index contributed by atoms with van der Waals surface area (Å²) >= 11 is 7.23. The molecule has 1 unspecified atom stereocenters. The minimum Gasteiger partial charge on any atom is -0.399 e. The van der Waals surface area contributed by atoms with Gasteiger partial charge >= 0.3 is 0 Å². The predicted octanol–water partition coefficient (Wildman–Crippen LogP) is 5.11. The normalized spacial score (nSPS) is 13.5. The van der Waals surface area contributed by atoms with E-state index in [0.717, 1.165) is 27.9 Å². The first-order valence-corrected chi connectivity index (χ1v) is 7.67. The van der Waals surface area contributed by atoms with Gasteiger partial charge in [-0.2, -0.15) is 0 Å². The number of hydrogen-bond acceptors (Lipinski definition) is 1. The molecule has 0 aromatic heterocycles. The van der Waals surface area contributed by atoms with Crippen LogP contribution in [-0.2, 0) is 4.87 Å². The predicted molar refractivity (Wildman–Crippen MR) is 94.2 cm³/mol. The Bertz CT molecular complexity index is 765. The van der Waals surface area contributed by atoms with Crippen LogP contribution in [0.15, 0.2) is 78.9 Å². The van der Waals surface area contributed by atoms with Gasteiger partial charge in [-0.15, -0.1) is 11.6 Å². The molecule has 0 fully saturated rings. The first-order chi connectivity index (χ1) is 10.6. The van der Waals surface area contributed by atoms with Gasteiger partial charge in [-0.3, -0.25) is 0 Å². The van der Waals surface area contributed by atoms with E-state index >= 15 is 0 Å². The maximum Gasteiger partial charge on any atom is 0.120 e. The Hall–Kier alpha value is -2.25. The van der Waals surface area contributed by atoms with Crippen molar-refractivity contribution >= 4 is 17.3 Å². The van der Waals surface area contributed by atoms with Crippen molar-refractivity contribution < 1.29 is 0 Å². The zero-order valence-electron chi connectivity index (χ0n) is 12.5. The highest BCUT2D eigenvalue weighted by Crippen LogP contribution is 2.44. The number of rotatable bonds is 3. The largest absolute Gasteiger partial charge is 0.399 e. The molecule has 3 rings (SSSR count). The highest BCUT2D eigenvalue weighted by molar-refractivity contribution is 6.28. The molecule has 3 aromatic carbocycles. The fourth-order valence-corrected chi connectivity index (χ4v) is 3.28. The lowest BCUT2D eigenvalue weighted by Crippen LogP contribution is -2.23. The molecule has 0 aliphatic rings. The fraction of sp³-hybridized carbons (Fsp3) is 0.100. The van der Waals surface area contributed by atoms with E-state index in [1.165, 1.54) is 0 Å². The molecular formula is C20H18ClN. The summed E-state index contributed by atoms with van der Waals surface area (Å²) < 4.78 is 0. The van der Waals surface area contributed by atoms with Crippen LogP contribution < -0.4 is 5.73 Å². The van der Waals surface area contributed by atoms with Gasteiger partial charge in [0, 0.05) is 5.69 Å². The van der Waals surface area contributed by atoms with Crippen molar-refractivity contribution in [2.24, 2.45) is 0 Å². The second-order valence-electron chi connectivity index (χ2n) is 5.46. The first-order valence-electron chi connectivity index (χ1n) is 7.29. The molecular weight excluding hydrogens is 290 g/mol. The second-order valence-corrected chi connectivity index (χ2v) is 6.03. The van der Waals surface area contributed by atoms with E-state index in [0.29, 0.717) is 0 Å². The molecule has 0 heterocycles. The number of nitrogens with two attached hydrogens (primary N) is 1. The summed E-state index contributed by atoms with van der Waals surface area (Å²) in [7, 11) is 0. The molecule has 0 bridgehead atoms. The number of alkyl halides is 1. The monoisotopic (exact) mass is 307 g/mol. The molecule has 0 radical (unpaired) electrons. The standard InChI is InChI=1S/C20H18ClN/c1-15-7-5-6-10-19(15)20(21,16-8-3-2-4-9-16)17-11-13-18(22)14-12-17/h2-14H,22H2,1H3. The third kappa shape index (κ3) is 2.49. The molecule has 3 aromatic rings. The third-order valence-corrected chi connectivity index (χ3v) is 4.64. The number of anilines is 1. The van der Waals surface area contributed by atoms with Gasteiger partial charge in [0.15, 0.2) is 0 Å². The van der Waals surface area contributed by atoms with Crippen molar-refractivity contribution in [3.8, 4) is 0 Å². The number of benzene rings is 3. The average Bonchev–Trinajstić information content (AvgIpc) is 2.56. The van der Waals surface area contributed by atoms with Crippen LogP contribution in [-0.4, -0.2) is 0 Å². The van der Waals surface area contributed by atoms with Crippen LogP contribution in [0.2, 0.25) is 0 Å². The molecule has 2 N–H and O–H groups in total. The maximum atomic E-state index is 7.23. The lowest BCUT2D eigenvalue weighted by Gasteiger charge is -2.30. The Morgan fingerprint density at radius 2 is 1.27 bits per heavy atom. The van der Waals surface area contributed by atoms with E-state index in [2.05, 4.69) is 31.2 Å². The molecule has 0 spiro atoms. The Kier molecular flexibility index (Phi) is 3.91. The van der Waals surface area contributed by atoms with Gasteiger partial charge in [-0.1, -0.05) is 66.7 Å². The van der Waals surface area contributed by atoms with Gasteiger partial charge in [0.1, 0.15) is 4.87 Å². The van der Waals surface area contributed by atoms with E-state index in [4.69, 9.17) is 17.3 Å². The smallest absolute Gasteiger partial charge is 0.120 e. The summed E-state index contributed by atoms with van der Waals surface area (Å²) in [4.78, 5) is -0.722. The quantitative estimate of drug-likeness (QED) is 0.406. The van der Waals surface area contributed by atoms with Crippen LogP contribution in [0.5, 0.6) is 0 Å². The molecule has 0 aliphatic carbocycles. The third-order valence-electron chi connectivity index (χ3n) is 4.00. The van der Waals surface area contributed by atoms with Crippen molar-refractivity contribution in [1.82, 2.24) is 0 Å². The highest BCUT2D eigenvalue weighted by atomic mass is 35.5. The Balaban J connectivity index is 2.27. The van der Waals surface area contributed by atoms with Crippen LogP contribution in [0.3, 0.4) is 0 Å². The number of aryl methyl sites for hydroxylation is 1. The zero-order valence-corrected chi connectivity index (χ0v) is 13.2. The lowest BCUT2D eigenvalue weighted by molar-refractivity contribution is 0.869. The maximum absolute atomic E-state index is 7.23. The van der Waals surface area contributed by atoms with Crippen LogP contribution in [0, 0.1) is 6.92 Å². The molecule has 0 saturated carbocycles. The van der Waals surface area contributed by atoms with Crippen LogP contribution in [0.25, 0.3) is 0 Å². The van der Waals surface area contributed by atoms with Gasteiger partial charge in [0.25, 0.3) is 0 Å². The van der Waals surface area contributed by atoms with Crippen LogP contribution in [0.4, 0.5) is 5.69 Å². The Labute approximate surface area is 136 Å². The summed E-state index contributed by atoms with van der Waals surface area (Å²) in [5.74, 6) is 0. The molecule has 110 valence electrons. The molecule has 1 atom stereocenters. The minimum atomic E-state index is -0.722. The van der Waals surface area contributed by atoms with Gasteiger partial charge < -0.3 is 5.73 Å². The van der Waals surface area contributed by atoms with Crippen molar-refractivity contribution in [3.05, 3.63) is 101 Å². The van der Waals surface area contributed by atoms with Crippen LogP contribution in [0.1, 0.15) is 22.3 Å². The molecule has 2 heteroatoms. The van der Waals surface area contributed by atoms with Crippen LogP contribution >= 0.6 is 11.6 Å². The first kappa shape index (κ1) is 14.7. The van der Waals surface area contributed by atoms with E-state index in [1.54, 1.807) is 0 Å². The lowest BCUT2D eigenvalue weighted by atomic mass is 9.82. The molecule has 22 heavy (non-hydrogen) atoms. The summed E-state index contributed by atoms with van der Waals surface area (Å²) in [6.07, 6.45) is 0. The van der Waals surface area contributed by atoms with Crippen molar-refractivity contribution in [2.45, 2.75) is 11.8 Å². The SMILES string of the molecule is Cc1ccccc1C(Cl)(c1ccccc1)c1ccc(N)cc1. The topological polar surface area (TPSA) is 26.0 Å². The van der Waals surface area contributed by atoms with Gasteiger partial charge in [-0.25, -0.2) is 0 Å². The number of nitrogen functional groups attached to an aromatic ring is 1. The van der Waals surface area contributed by atoms with Crippen molar-refractivity contribution in [2.75, 3.05) is 5.73 Å². The van der Waals surface area contributed by atoms with Gasteiger partial charge in [0.05, 0.1) is 0 Å². The van der Waals surface area contributed by atoms with Gasteiger partial charge in [0.2, 0.25) is 0 Å². The number of halogens is 1. The van der Waals surface area contributed by atoms with Crippen molar-refractivity contribution in [3.63, 3.8) is 0 Å². The highest BCUT2D eigenvalue weighted by Gasteiger charge is 2.34. The Morgan fingerprint density at radius 3 is 1.91 bits per heavy atom. The van der Waals surface area contributed by atoms with E-state index < -0.39 is 4.87 Å². The minimum absolute atomic E-state index is 0.722.